The van der Waals surface area contributed by atoms with Crippen molar-refractivity contribution in [1.29, 1.82) is 0 Å². The van der Waals surface area contributed by atoms with Gasteiger partial charge >= 0.3 is 0 Å². The normalized spacial score (nSPS) is 29.2. The Hall–Kier alpha value is 0.690. The van der Waals surface area contributed by atoms with E-state index < -0.39 is 0 Å². The smallest absolute Gasteiger partial charge is 0.0105 e. The monoisotopic (exact) mass is 267 g/mol. The Morgan fingerprint density at radius 2 is 2.36 bits per heavy atom. The summed E-state index contributed by atoms with van der Waals surface area (Å²) in [5.74, 6) is 0. The molecule has 1 aliphatic rings. The van der Waals surface area contributed by atoms with Crippen molar-refractivity contribution in [2.45, 2.75) is 43.1 Å². The maximum atomic E-state index is 2.62. The molecule has 2 heteroatoms. The van der Waals surface area contributed by atoms with Gasteiger partial charge in [0.25, 0.3) is 0 Å². The van der Waals surface area contributed by atoms with Gasteiger partial charge in [-0.2, -0.15) is 0 Å². The van der Waals surface area contributed by atoms with Gasteiger partial charge in [-0.15, -0.1) is 0 Å². The molecular formula is C9H18IN. The summed E-state index contributed by atoms with van der Waals surface area (Å²) in [5, 5.41) is 0. The summed E-state index contributed by atoms with van der Waals surface area (Å²) in [6.45, 7) is 7.17. The van der Waals surface area contributed by atoms with E-state index in [9.17, 15) is 0 Å². The lowest BCUT2D eigenvalue weighted by Gasteiger charge is -2.23. The van der Waals surface area contributed by atoms with E-state index in [0.29, 0.717) is 0 Å². The second kappa shape index (κ2) is 4.65. The SMILES string of the molecule is CCN1CCCC1CC(C)I. The second-order valence-corrected chi connectivity index (χ2v) is 5.57. The quantitative estimate of drug-likeness (QED) is 0.561. The maximum Gasteiger partial charge on any atom is 0.0105 e. The lowest BCUT2D eigenvalue weighted by molar-refractivity contribution is 0.257. The molecule has 0 N–H and O–H groups in total. The molecule has 11 heavy (non-hydrogen) atoms. The van der Waals surface area contributed by atoms with E-state index in [1.807, 2.05) is 0 Å². The topological polar surface area (TPSA) is 3.24 Å². The standard InChI is InChI=1S/C9H18IN/c1-3-11-6-4-5-9(11)7-8(2)10/h8-9H,3-7H2,1-2H3. The van der Waals surface area contributed by atoms with Gasteiger partial charge in [0.1, 0.15) is 0 Å². The summed E-state index contributed by atoms with van der Waals surface area (Å²) < 4.78 is 0.838. The van der Waals surface area contributed by atoms with Crippen molar-refractivity contribution in [3.05, 3.63) is 0 Å². The minimum absolute atomic E-state index is 0.838. The first-order chi connectivity index (χ1) is 5.24. The van der Waals surface area contributed by atoms with Crippen LogP contribution in [0.5, 0.6) is 0 Å². The molecule has 1 fully saturated rings. The summed E-state index contributed by atoms with van der Waals surface area (Å²) in [7, 11) is 0. The zero-order valence-corrected chi connectivity index (χ0v) is 9.67. The summed E-state index contributed by atoms with van der Waals surface area (Å²) in [5.41, 5.74) is 0. The van der Waals surface area contributed by atoms with Gasteiger partial charge in [0, 0.05) is 9.97 Å². The van der Waals surface area contributed by atoms with Crippen LogP contribution in [-0.2, 0) is 0 Å². The van der Waals surface area contributed by atoms with Gasteiger partial charge in [-0.3, -0.25) is 0 Å². The molecule has 1 heterocycles. The number of hydrogen-bond acceptors (Lipinski definition) is 1. The molecule has 0 aromatic carbocycles. The largest absolute Gasteiger partial charge is 0.301 e. The van der Waals surface area contributed by atoms with Crippen LogP contribution in [0.3, 0.4) is 0 Å². The molecule has 0 aliphatic carbocycles. The molecular weight excluding hydrogens is 249 g/mol. The molecule has 0 aromatic rings. The van der Waals surface area contributed by atoms with Gasteiger partial charge < -0.3 is 4.90 Å². The van der Waals surface area contributed by atoms with Gasteiger partial charge in [-0.1, -0.05) is 36.4 Å². The highest BCUT2D eigenvalue weighted by Crippen LogP contribution is 2.22. The summed E-state index contributed by atoms with van der Waals surface area (Å²) >= 11 is 2.53. The number of hydrogen-bond donors (Lipinski definition) is 0. The van der Waals surface area contributed by atoms with Crippen LogP contribution in [0.15, 0.2) is 0 Å². The van der Waals surface area contributed by atoms with Crippen molar-refractivity contribution < 1.29 is 0 Å². The van der Waals surface area contributed by atoms with E-state index in [4.69, 9.17) is 0 Å². The zero-order valence-electron chi connectivity index (χ0n) is 7.52. The van der Waals surface area contributed by atoms with Gasteiger partial charge in [-0.05, 0) is 32.4 Å². The third kappa shape index (κ3) is 2.90. The Bertz CT molecular complexity index is 114. The summed E-state index contributed by atoms with van der Waals surface area (Å²) in [6, 6.07) is 0.895. The molecule has 1 rings (SSSR count). The third-order valence-corrected chi connectivity index (χ3v) is 3.01. The molecule has 1 nitrogen and oxygen atoms in total. The minimum atomic E-state index is 0.838. The van der Waals surface area contributed by atoms with E-state index in [2.05, 4.69) is 41.3 Å². The highest BCUT2D eigenvalue weighted by molar-refractivity contribution is 14.1. The predicted octanol–water partition coefficient (Wildman–Crippen LogP) is 2.68. The predicted molar refractivity (Wildman–Crippen MR) is 58.4 cm³/mol. The maximum absolute atomic E-state index is 2.62. The first-order valence-corrected chi connectivity index (χ1v) is 5.86. The van der Waals surface area contributed by atoms with Crippen molar-refractivity contribution >= 4 is 22.6 Å². The van der Waals surface area contributed by atoms with Crippen LogP contribution in [0.1, 0.15) is 33.1 Å². The fourth-order valence-electron chi connectivity index (χ4n) is 1.95. The Morgan fingerprint density at radius 1 is 1.64 bits per heavy atom. The minimum Gasteiger partial charge on any atom is -0.301 e. The van der Waals surface area contributed by atoms with Crippen molar-refractivity contribution in [1.82, 2.24) is 4.90 Å². The zero-order chi connectivity index (χ0) is 8.27. The molecule has 66 valence electrons. The van der Waals surface area contributed by atoms with Gasteiger partial charge in [0.15, 0.2) is 0 Å². The highest BCUT2D eigenvalue weighted by atomic mass is 127. The average Bonchev–Trinajstić information content (AvgIpc) is 2.34. The van der Waals surface area contributed by atoms with Crippen LogP contribution in [-0.4, -0.2) is 28.0 Å². The Labute approximate surface area is 83.7 Å². The molecule has 2 unspecified atom stereocenters. The van der Waals surface area contributed by atoms with Crippen LogP contribution in [0.25, 0.3) is 0 Å². The Morgan fingerprint density at radius 3 is 2.91 bits per heavy atom. The molecule has 0 spiro atoms. The van der Waals surface area contributed by atoms with Crippen LogP contribution >= 0.6 is 22.6 Å². The molecule has 1 saturated heterocycles. The Balaban J connectivity index is 2.31. The Kier molecular flexibility index (Phi) is 4.13. The fraction of sp³-hybridized carbons (Fsp3) is 1.00. The van der Waals surface area contributed by atoms with Crippen LogP contribution in [0.4, 0.5) is 0 Å². The summed E-state index contributed by atoms with van der Waals surface area (Å²) in [6.07, 6.45) is 4.23. The van der Waals surface area contributed by atoms with Crippen molar-refractivity contribution in [2.75, 3.05) is 13.1 Å². The average molecular weight is 267 g/mol. The highest BCUT2D eigenvalue weighted by Gasteiger charge is 2.23. The molecule has 0 bridgehead atoms. The number of halogens is 1. The molecule has 0 saturated carbocycles. The van der Waals surface area contributed by atoms with Crippen molar-refractivity contribution in [3.63, 3.8) is 0 Å². The van der Waals surface area contributed by atoms with Gasteiger partial charge in [-0.25, -0.2) is 0 Å². The second-order valence-electron chi connectivity index (χ2n) is 3.44. The van der Waals surface area contributed by atoms with E-state index in [1.165, 1.54) is 32.4 Å². The van der Waals surface area contributed by atoms with Crippen LogP contribution in [0, 0.1) is 0 Å². The summed E-state index contributed by atoms with van der Waals surface area (Å²) in [4.78, 5) is 2.62. The molecule has 0 aromatic heterocycles. The van der Waals surface area contributed by atoms with Gasteiger partial charge in [0.2, 0.25) is 0 Å². The van der Waals surface area contributed by atoms with Crippen LogP contribution < -0.4 is 0 Å². The first-order valence-electron chi connectivity index (χ1n) is 4.62. The number of rotatable bonds is 3. The number of likely N-dealkylation sites (tertiary alicyclic amines) is 1. The molecule has 0 radical (unpaired) electrons. The first kappa shape index (κ1) is 9.78. The third-order valence-electron chi connectivity index (χ3n) is 2.50. The van der Waals surface area contributed by atoms with Crippen molar-refractivity contribution in [3.8, 4) is 0 Å². The fourth-order valence-corrected chi connectivity index (χ4v) is 2.54. The molecule has 1 aliphatic heterocycles. The number of alkyl halides is 1. The van der Waals surface area contributed by atoms with E-state index in [1.54, 1.807) is 0 Å². The van der Waals surface area contributed by atoms with Crippen LogP contribution in [0.2, 0.25) is 0 Å². The van der Waals surface area contributed by atoms with E-state index in [-0.39, 0.29) is 0 Å². The van der Waals surface area contributed by atoms with E-state index in [0.717, 1.165) is 9.97 Å². The molecule has 0 amide bonds. The van der Waals surface area contributed by atoms with Gasteiger partial charge in [0.05, 0.1) is 0 Å². The lowest BCUT2D eigenvalue weighted by atomic mass is 10.1. The number of nitrogens with zero attached hydrogens (tertiary/aromatic N) is 1. The lowest BCUT2D eigenvalue weighted by Crippen LogP contribution is -2.30. The molecule has 2 atom stereocenters. The van der Waals surface area contributed by atoms with Crippen molar-refractivity contribution in [2.24, 2.45) is 0 Å². The van der Waals surface area contributed by atoms with E-state index >= 15 is 0 Å².